The van der Waals surface area contributed by atoms with Crippen molar-refractivity contribution in [1.29, 1.82) is 0 Å². The highest BCUT2D eigenvalue weighted by Gasteiger charge is 2.21. The van der Waals surface area contributed by atoms with E-state index in [1.54, 1.807) is 45.2 Å². The van der Waals surface area contributed by atoms with Crippen molar-refractivity contribution >= 4 is 21.9 Å². The maximum Gasteiger partial charge on any atom is 0.305 e. The Balaban J connectivity index is 2.66. The molecule has 0 aromatic heterocycles. The van der Waals surface area contributed by atoms with Crippen molar-refractivity contribution in [3.8, 4) is 0 Å². The molecule has 0 aliphatic carbocycles. The molecule has 1 aromatic carbocycles. The van der Waals surface area contributed by atoms with Crippen LogP contribution in [-0.4, -0.2) is 61.3 Å². The van der Waals surface area contributed by atoms with E-state index in [4.69, 9.17) is 5.11 Å². The highest BCUT2D eigenvalue weighted by Crippen LogP contribution is 2.17. The van der Waals surface area contributed by atoms with Gasteiger partial charge in [0.25, 0.3) is 0 Å². The van der Waals surface area contributed by atoms with Crippen LogP contribution in [0.25, 0.3) is 0 Å². The van der Waals surface area contributed by atoms with Gasteiger partial charge in [-0.1, -0.05) is 26.0 Å². The molecule has 1 N–H and O–H groups in total. The Morgan fingerprint density at radius 3 is 2.08 bits per heavy atom. The lowest BCUT2D eigenvalue weighted by Gasteiger charge is -2.18. The number of hydrogen-bond acceptors (Lipinski definition) is 4. The third-order valence-corrected chi connectivity index (χ3v) is 6.05. The van der Waals surface area contributed by atoms with Crippen molar-refractivity contribution in [2.24, 2.45) is 0 Å². The topological polar surface area (TPSA) is 95.0 Å². The lowest BCUT2D eigenvalue weighted by atomic mass is 10.1. The summed E-state index contributed by atoms with van der Waals surface area (Å²) in [5.41, 5.74) is 0.860. The van der Waals surface area contributed by atoms with Gasteiger partial charge in [-0.05, 0) is 24.1 Å². The van der Waals surface area contributed by atoms with Gasteiger partial charge < -0.3 is 10.0 Å². The average molecular weight is 370 g/mol. The molecular weight excluding hydrogens is 344 g/mol. The van der Waals surface area contributed by atoms with Gasteiger partial charge in [-0.15, -0.1) is 0 Å². The van der Waals surface area contributed by atoms with Crippen LogP contribution in [0.3, 0.4) is 0 Å². The number of carbonyl (C=O) groups is 2. The first kappa shape index (κ1) is 21.1. The molecule has 0 radical (unpaired) electrons. The predicted octanol–water partition coefficient (Wildman–Crippen LogP) is 1.58. The Hall–Kier alpha value is -1.93. The van der Waals surface area contributed by atoms with Crippen molar-refractivity contribution in [3.63, 3.8) is 0 Å². The SMILES string of the molecule is CCN(CC)S(=O)(=O)c1ccc(CCC(=O)N(C)CCC(=O)O)cc1. The number of rotatable bonds is 10. The summed E-state index contributed by atoms with van der Waals surface area (Å²) in [5, 5.41) is 8.63. The van der Waals surface area contributed by atoms with Crippen molar-refractivity contribution < 1.29 is 23.1 Å². The van der Waals surface area contributed by atoms with Crippen molar-refractivity contribution in [3.05, 3.63) is 29.8 Å². The van der Waals surface area contributed by atoms with E-state index in [2.05, 4.69) is 0 Å². The Bertz CT molecular complexity index is 681. The number of carboxylic acids is 1. The third kappa shape index (κ3) is 6.13. The number of nitrogens with zero attached hydrogens (tertiary/aromatic N) is 2. The summed E-state index contributed by atoms with van der Waals surface area (Å²) in [6, 6.07) is 6.53. The second kappa shape index (κ2) is 9.53. The predicted molar refractivity (Wildman–Crippen MR) is 94.8 cm³/mol. The molecule has 0 saturated heterocycles. The normalized spacial score (nSPS) is 11.5. The van der Waals surface area contributed by atoms with E-state index in [0.717, 1.165) is 5.56 Å². The first-order chi connectivity index (χ1) is 11.7. The van der Waals surface area contributed by atoms with Gasteiger partial charge in [0, 0.05) is 33.1 Å². The first-order valence-electron chi connectivity index (χ1n) is 8.27. The van der Waals surface area contributed by atoms with Crippen LogP contribution in [0, 0.1) is 0 Å². The second-order valence-corrected chi connectivity index (χ2v) is 7.63. The minimum Gasteiger partial charge on any atom is -0.481 e. The summed E-state index contributed by atoms with van der Waals surface area (Å²) in [6.07, 6.45) is 0.639. The molecule has 1 rings (SSSR count). The first-order valence-corrected chi connectivity index (χ1v) is 9.71. The Labute approximate surface area is 149 Å². The van der Waals surface area contributed by atoms with Gasteiger partial charge in [-0.25, -0.2) is 8.42 Å². The van der Waals surface area contributed by atoms with E-state index >= 15 is 0 Å². The Morgan fingerprint density at radius 2 is 1.60 bits per heavy atom. The van der Waals surface area contributed by atoms with E-state index in [0.29, 0.717) is 19.5 Å². The molecule has 0 spiro atoms. The van der Waals surface area contributed by atoms with Crippen LogP contribution in [0.1, 0.15) is 32.3 Å². The summed E-state index contributed by atoms with van der Waals surface area (Å²) in [6.45, 7) is 4.59. The zero-order valence-electron chi connectivity index (χ0n) is 14.9. The smallest absolute Gasteiger partial charge is 0.305 e. The zero-order valence-corrected chi connectivity index (χ0v) is 15.8. The number of amides is 1. The van der Waals surface area contributed by atoms with E-state index < -0.39 is 16.0 Å². The number of sulfonamides is 1. The third-order valence-electron chi connectivity index (χ3n) is 3.98. The molecule has 0 fully saturated rings. The second-order valence-electron chi connectivity index (χ2n) is 5.69. The van der Waals surface area contributed by atoms with Crippen LogP contribution in [0.2, 0.25) is 0 Å². The Kier molecular flexibility index (Phi) is 8.05. The summed E-state index contributed by atoms with van der Waals surface area (Å²) in [7, 11) is -1.90. The maximum absolute atomic E-state index is 12.4. The van der Waals surface area contributed by atoms with Gasteiger partial charge in [0.2, 0.25) is 15.9 Å². The molecule has 0 heterocycles. The molecule has 7 nitrogen and oxygen atoms in total. The van der Waals surface area contributed by atoms with Crippen molar-refractivity contribution in [2.75, 3.05) is 26.7 Å². The van der Waals surface area contributed by atoms with Crippen molar-refractivity contribution in [1.82, 2.24) is 9.21 Å². The lowest BCUT2D eigenvalue weighted by molar-refractivity contribution is -0.138. The number of carbonyl (C=O) groups excluding carboxylic acids is 1. The fourth-order valence-electron chi connectivity index (χ4n) is 2.37. The fourth-order valence-corrected chi connectivity index (χ4v) is 3.83. The number of aliphatic carboxylic acids is 1. The van der Waals surface area contributed by atoms with Gasteiger partial charge in [0.15, 0.2) is 0 Å². The quantitative estimate of drug-likeness (QED) is 0.675. The monoisotopic (exact) mass is 370 g/mol. The summed E-state index contributed by atoms with van der Waals surface area (Å²) < 4.78 is 26.2. The molecule has 0 aliphatic rings. The molecule has 25 heavy (non-hydrogen) atoms. The molecule has 140 valence electrons. The summed E-state index contributed by atoms with van der Waals surface area (Å²) >= 11 is 0. The van der Waals surface area contributed by atoms with Gasteiger partial charge in [-0.3, -0.25) is 9.59 Å². The zero-order chi connectivity index (χ0) is 19.0. The highest BCUT2D eigenvalue weighted by atomic mass is 32.2. The van der Waals surface area contributed by atoms with Gasteiger partial charge >= 0.3 is 5.97 Å². The Morgan fingerprint density at radius 1 is 1.04 bits per heavy atom. The molecule has 0 unspecified atom stereocenters. The summed E-state index contributed by atoms with van der Waals surface area (Å²) in [4.78, 5) is 24.1. The van der Waals surface area contributed by atoms with Crippen molar-refractivity contribution in [2.45, 2.75) is 38.0 Å². The number of carboxylic acid groups (broad SMARTS) is 1. The van der Waals surface area contributed by atoms with Gasteiger partial charge in [-0.2, -0.15) is 4.31 Å². The maximum atomic E-state index is 12.4. The standard InChI is InChI=1S/C17H26N2O5S/c1-4-19(5-2)25(23,24)15-9-6-14(7-10-15)8-11-16(20)18(3)13-12-17(21)22/h6-7,9-10H,4-5,8,11-13H2,1-3H3,(H,21,22). The van der Waals surface area contributed by atoms with Gasteiger partial charge in [0.05, 0.1) is 11.3 Å². The molecule has 0 bridgehead atoms. The largest absolute Gasteiger partial charge is 0.481 e. The van der Waals surface area contributed by atoms with Crippen LogP contribution in [-0.2, 0) is 26.0 Å². The lowest BCUT2D eigenvalue weighted by Crippen LogP contribution is -2.30. The molecule has 8 heteroatoms. The highest BCUT2D eigenvalue weighted by molar-refractivity contribution is 7.89. The van der Waals surface area contributed by atoms with E-state index in [1.807, 2.05) is 0 Å². The molecule has 0 aliphatic heterocycles. The number of aryl methyl sites for hydroxylation is 1. The molecule has 0 saturated carbocycles. The fraction of sp³-hybridized carbons (Fsp3) is 0.529. The van der Waals surface area contributed by atoms with E-state index in [1.165, 1.54) is 9.21 Å². The van der Waals surface area contributed by atoms with Crippen LogP contribution in [0.4, 0.5) is 0 Å². The van der Waals surface area contributed by atoms with Crippen LogP contribution in [0.15, 0.2) is 29.2 Å². The van der Waals surface area contributed by atoms with Gasteiger partial charge in [0.1, 0.15) is 0 Å². The van der Waals surface area contributed by atoms with Crippen LogP contribution < -0.4 is 0 Å². The number of benzene rings is 1. The van der Waals surface area contributed by atoms with E-state index in [-0.39, 0.29) is 30.2 Å². The van der Waals surface area contributed by atoms with Crippen LogP contribution >= 0.6 is 0 Å². The minimum atomic E-state index is -3.48. The molecule has 1 aromatic rings. The minimum absolute atomic E-state index is 0.0832. The van der Waals surface area contributed by atoms with E-state index in [9.17, 15) is 18.0 Å². The van der Waals surface area contributed by atoms with Crippen LogP contribution in [0.5, 0.6) is 0 Å². The molecule has 1 amide bonds. The molecular formula is C17H26N2O5S. The average Bonchev–Trinajstić information content (AvgIpc) is 2.58. The summed E-state index contributed by atoms with van der Waals surface area (Å²) in [5.74, 6) is -1.08. The number of hydrogen-bond donors (Lipinski definition) is 1. The molecule has 0 atom stereocenters.